The second kappa shape index (κ2) is 9.49. The summed E-state index contributed by atoms with van der Waals surface area (Å²) in [6.07, 6.45) is 1.25. The van der Waals surface area contributed by atoms with Crippen molar-refractivity contribution in [2.45, 2.75) is 6.42 Å². The van der Waals surface area contributed by atoms with Crippen LogP contribution in [0.15, 0.2) is 24.3 Å². The zero-order chi connectivity index (χ0) is 18.3. The molecule has 1 aromatic carbocycles. The number of nitrogens with one attached hydrogen (secondary N) is 1. The van der Waals surface area contributed by atoms with Crippen molar-refractivity contribution in [1.29, 1.82) is 0 Å². The van der Waals surface area contributed by atoms with Crippen LogP contribution < -0.4 is 5.32 Å². The summed E-state index contributed by atoms with van der Waals surface area (Å²) in [7, 11) is -3.37. The first-order chi connectivity index (χ1) is 11.8. The first kappa shape index (κ1) is 20.1. The van der Waals surface area contributed by atoms with Crippen molar-refractivity contribution in [3.63, 3.8) is 0 Å². The van der Waals surface area contributed by atoms with Crippen molar-refractivity contribution in [2.75, 3.05) is 57.5 Å². The Labute approximate surface area is 153 Å². The zero-order valence-electron chi connectivity index (χ0n) is 14.3. The van der Waals surface area contributed by atoms with Crippen LogP contribution in [0.4, 0.5) is 5.69 Å². The fourth-order valence-electron chi connectivity index (χ4n) is 2.54. The molecule has 0 saturated carbocycles. The largest absolute Gasteiger partial charge is 0.379 e. The molecule has 1 saturated heterocycles. The minimum Gasteiger partial charge on any atom is -0.379 e. The second-order valence-electron chi connectivity index (χ2n) is 5.92. The molecule has 0 atom stereocenters. The summed E-state index contributed by atoms with van der Waals surface area (Å²) in [5.74, 6) is -0.248. The van der Waals surface area contributed by atoms with Gasteiger partial charge in [0.25, 0.3) is 0 Å². The molecule has 1 aliphatic heterocycles. The topological polar surface area (TPSA) is 79.0 Å². The van der Waals surface area contributed by atoms with E-state index in [2.05, 4.69) is 10.2 Å². The lowest BCUT2D eigenvalue weighted by Gasteiger charge is -2.29. The molecular weight excluding hydrogens is 366 g/mol. The maximum Gasteiger partial charge on any atom is 0.225 e. The number of ether oxygens (including phenoxy) is 1. The van der Waals surface area contributed by atoms with E-state index in [4.69, 9.17) is 16.3 Å². The summed E-state index contributed by atoms with van der Waals surface area (Å²) in [5, 5.41) is 3.25. The van der Waals surface area contributed by atoms with Gasteiger partial charge in [-0.15, -0.1) is 0 Å². The third-order valence-electron chi connectivity index (χ3n) is 3.93. The van der Waals surface area contributed by atoms with Crippen LogP contribution in [-0.4, -0.2) is 75.7 Å². The van der Waals surface area contributed by atoms with Crippen LogP contribution in [0, 0.1) is 0 Å². The molecule has 1 amide bonds. The molecule has 1 aliphatic rings. The van der Waals surface area contributed by atoms with E-state index < -0.39 is 10.0 Å². The highest BCUT2D eigenvalue weighted by atomic mass is 35.5. The lowest BCUT2D eigenvalue weighted by atomic mass is 10.3. The zero-order valence-corrected chi connectivity index (χ0v) is 15.9. The second-order valence-corrected chi connectivity index (χ2v) is 8.34. The van der Waals surface area contributed by atoms with Crippen LogP contribution in [0.3, 0.4) is 0 Å². The summed E-state index contributed by atoms with van der Waals surface area (Å²) >= 11 is 5.88. The number of amides is 1. The quantitative estimate of drug-likeness (QED) is 0.724. The molecule has 1 fully saturated rings. The van der Waals surface area contributed by atoms with E-state index in [0.717, 1.165) is 13.1 Å². The maximum atomic E-state index is 12.1. The van der Waals surface area contributed by atoms with E-state index in [1.54, 1.807) is 24.3 Å². The molecule has 9 heteroatoms. The predicted octanol–water partition coefficient (Wildman–Crippen LogP) is 1.26. The molecule has 7 nitrogen and oxygen atoms in total. The van der Waals surface area contributed by atoms with E-state index in [9.17, 15) is 13.2 Å². The molecule has 0 aromatic heterocycles. The SMILES string of the molecule is CS(=O)(=O)N(CCC(=O)Nc1cccc(Cl)c1)CCN1CCOCC1. The molecule has 0 aliphatic carbocycles. The predicted molar refractivity (Wildman–Crippen MR) is 98.4 cm³/mol. The van der Waals surface area contributed by atoms with Gasteiger partial charge in [-0.3, -0.25) is 9.69 Å². The lowest BCUT2D eigenvalue weighted by Crippen LogP contribution is -2.43. The molecule has 25 heavy (non-hydrogen) atoms. The van der Waals surface area contributed by atoms with Crippen LogP contribution in [0.2, 0.25) is 5.02 Å². The van der Waals surface area contributed by atoms with E-state index >= 15 is 0 Å². The molecule has 0 unspecified atom stereocenters. The summed E-state index contributed by atoms with van der Waals surface area (Å²) in [6.45, 7) is 4.08. The van der Waals surface area contributed by atoms with Gasteiger partial charge >= 0.3 is 0 Å². The van der Waals surface area contributed by atoms with Gasteiger partial charge < -0.3 is 10.1 Å². The van der Waals surface area contributed by atoms with Crippen molar-refractivity contribution < 1.29 is 17.9 Å². The molecule has 1 heterocycles. The highest BCUT2D eigenvalue weighted by Gasteiger charge is 2.20. The van der Waals surface area contributed by atoms with E-state index in [1.165, 1.54) is 10.6 Å². The number of carbonyl (C=O) groups is 1. The minimum atomic E-state index is -3.37. The number of nitrogens with zero attached hydrogens (tertiary/aromatic N) is 2. The molecule has 0 radical (unpaired) electrons. The molecular formula is C16H24ClN3O4S. The normalized spacial score (nSPS) is 16.1. The number of hydrogen-bond donors (Lipinski definition) is 1. The Bertz CT molecular complexity index is 678. The van der Waals surface area contributed by atoms with Gasteiger partial charge in [0.05, 0.1) is 19.5 Å². The number of sulfonamides is 1. The first-order valence-electron chi connectivity index (χ1n) is 8.15. The van der Waals surface area contributed by atoms with Gasteiger partial charge in [-0.05, 0) is 18.2 Å². The van der Waals surface area contributed by atoms with E-state index in [0.29, 0.717) is 37.0 Å². The van der Waals surface area contributed by atoms with Crippen molar-refractivity contribution in [1.82, 2.24) is 9.21 Å². The fraction of sp³-hybridized carbons (Fsp3) is 0.562. The van der Waals surface area contributed by atoms with Crippen molar-refractivity contribution in [3.05, 3.63) is 29.3 Å². The van der Waals surface area contributed by atoms with Crippen molar-refractivity contribution in [2.24, 2.45) is 0 Å². The Kier molecular flexibility index (Phi) is 7.64. The standard InChI is InChI=1S/C16H24ClN3O4S/c1-25(22,23)20(8-7-19-9-11-24-12-10-19)6-5-16(21)18-15-4-2-3-14(17)13-15/h2-4,13H,5-12H2,1H3,(H,18,21). The average Bonchev–Trinajstić information content (AvgIpc) is 2.54. The van der Waals surface area contributed by atoms with Gasteiger partial charge in [-0.1, -0.05) is 17.7 Å². The summed E-state index contributed by atoms with van der Waals surface area (Å²) < 4.78 is 30.5. The lowest BCUT2D eigenvalue weighted by molar-refractivity contribution is -0.116. The van der Waals surface area contributed by atoms with Crippen molar-refractivity contribution >= 4 is 33.2 Å². The number of hydrogen-bond acceptors (Lipinski definition) is 5. The smallest absolute Gasteiger partial charge is 0.225 e. The van der Waals surface area contributed by atoms with Crippen molar-refractivity contribution in [3.8, 4) is 0 Å². The maximum absolute atomic E-state index is 12.1. The Morgan fingerprint density at radius 1 is 1.32 bits per heavy atom. The molecule has 0 bridgehead atoms. The average molecular weight is 390 g/mol. The van der Waals surface area contributed by atoms with Gasteiger partial charge in [-0.25, -0.2) is 12.7 Å². The van der Waals surface area contributed by atoms with Crippen LogP contribution in [0.1, 0.15) is 6.42 Å². The van der Waals surface area contributed by atoms with Gasteiger partial charge in [0, 0.05) is 49.9 Å². The number of rotatable bonds is 8. The summed E-state index contributed by atoms with van der Waals surface area (Å²) in [4.78, 5) is 14.2. The summed E-state index contributed by atoms with van der Waals surface area (Å²) in [5.41, 5.74) is 0.594. The van der Waals surface area contributed by atoms with Gasteiger partial charge in [0.1, 0.15) is 0 Å². The molecule has 2 rings (SSSR count). The van der Waals surface area contributed by atoms with Crippen LogP contribution >= 0.6 is 11.6 Å². The summed E-state index contributed by atoms with van der Waals surface area (Å²) in [6, 6.07) is 6.83. The number of anilines is 1. The van der Waals surface area contributed by atoms with Gasteiger partial charge in [-0.2, -0.15) is 0 Å². The van der Waals surface area contributed by atoms with Crippen LogP contribution in [-0.2, 0) is 19.6 Å². The molecule has 1 N–H and O–H groups in total. The van der Waals surface area contributed by atoms with Gasteiger partial charge in [0.2, 0.25) is 15.9 Å². The Morgan fingerprint density at radius 2 is 2.04 bits per heavy atom. The van der Waals surface area contributed by atoms with E-state index in [1.807, 2.05) is 0 Å². The van der Waals surface area contributed by atoms with Crippen LogP contribution in [0.25, 0.3) is 0 Å². The fourth-order valence-corrected chi connectivity index (χ4v) is 3.56. The number of carbonyl (C=O) groups excluding carboxylic acids is 1. The molecule has 140 valence electrons. The Balaban J connectivity index is 1.83. The monoisotopic (exact) mass is 389 g/mol. The number of morpholine rings is 1. The first-order valence-corrected chi connectivity index (χ1v) is 10.4. The van der Waals surface area contributed by atoms with E-state index in [-0.39, 0.29) is 18.9 Å². The molecule has 0 spiro atoms. The third-order valence-corrected chi connectivity index (χ3v) is 5.47. The van der Waals surface area contributed by atoms with Gasteiger partial charge in [0.15, 0.2) is 0 Å². The highest BCUT2D eigenvalue weighted by Crippen LogP contribution is 2.15. The third kappa shape index (κ3) is 7.29. The molecule has 1 aromatic rings. The Hall–Kier alpha value is -1.19. The van der Waals surface area contributed by atoms with Crippen LogP contribution in [0.5, 0.6) is 0 Å². The minimum absolute atomic E-state index is 0.0860. The number of halogens is 1. The highest BCUT2D eigenvalue weighted by molar-refractivity contribution is 7.88. The number of benzene rings is 1. The Morgan fingerprint density at radius 3 is 2.68 bits per heavy atom.